The third-order valence-corrected chi connectivity index (χ3v) is 3.62. The second-order valence-electron chi connectivity index (χ2n) is 5.57. The molecular weight excluding hydrogens is 226 g/mol. The molecule has 1 aliphatic heterocycles. The molecule has 1 unspecified atom stereocenters. The molecule has 0 saturated carbocycles. The third-order valence-electron chi connectivity index (χ3n) is 3.62. The first-order chi connectivity index (χ1) is 8.45. The Labute approximate surface area is 109 Å². The van der Waals surface area contributed by atoms with Gasteiger partial charge in [-0.15, -0.1) is 0 Å². The van der Waals surface area contributed by atoms with Gasteiger partial charge in [0.05, 0.1) is 0 Å². The summed E-state index contributed by atoms with van der Waals surface area (Å²) in [5.74, 6) is 0.514. The largest absolute Gasteiger partial charge is 0.369 e. The first-order valence-electron chi connectivity index (χ1n) is 6.40. The van der Waals surface area contributed by atoms with Crippen molar-refractivity contribution in [3.63, 3.8) is 0 Å². The van der Waals surface area contributed by atoms with Gasteiger partial charge in [-0.25, -0.2) is 0 Å². The maximum atomic E-state index is 12.6. The van der Waals surface area contributed by atoms with Crippen molar-refractivity contribution in [1.82, 2.24) is 0 Å². The molecule has 1 aromatic carbocycles. The average Bonchev–Trinajstić information content (AvgIpc) is 2.36. The minimum atomic E-state index is -0.774. The predicted octanol–water partition coefficient (Wildman–Crippen LogP) is 2.64. The molecule has 1 aliphatic rings. The van der Waals surface area contributed by atoms with Crippen molar-refractivity contribution in [1.29, 1.82) is 0 Å². The van der Waals surface area contributed by atoms with Crippen LogP contribution in [0.3, 0.4) is 0 Å². The van der Waals surface area contributed by atoms with E-state index < -0.39 is 5.60 Å². The van der Waals surface area contributed by atoms with Crippen LogP contribution in [-0.2, 0) is 16.0 Å². The van der Waals surface area contributed by atoms with E-state index in [9.17, 15) is 4.79 Å². The van der Waals surface area contributed by atoms with Crippen molar-refractivity contribution >= 4 is 11.6 Å². The van der Waals surface area contributed by atoms with Crippen molar-refractivity contribution < 1.29 is 9.53 Å². The van der Waals surface area contributed by atoms with Crippen LogP contribution in [0.15, 0.2) is 24.3 Å². The fourth-order valence-electron chi connectivity index (χ4n) is 2.40. The minimum absolute atomic E-state index is 0.0315. The zero-order valence-electron chi connectivity index (χ0n) is 11.6. The van der Waals surface area contributed by atoms with Crippen molar-refractivity contribution in [2.45, 2.75) is 32.8 Å². The summed E-state index contributed by atoms with van der Waals surface area (Å²) in [7, 11) is 1.58. The maximum Gasteiger partial charge on any atom is 0.258 e. The fourth-order valence-corrected chi connectivity index (χ4v) is 2.40. The molecule has 98 valence electrons. The average molecular weight is 247 g/mol. The fraction of sp³-hybridized carbons (Fsp3) is 0.533. The Kier molecular flexibility index (Phi) is 3.44. The highest BCUT2D eigenvalue weighted by molar-refractivity contribution is 6.00. The number of carbonyl (C=O) groups is 1. The SMILES string of the molecule is COC(C)(C)C(=O)N1CC(C)Cc2ccccc21. The number of para-hydroxylation sites is 1. The molecule has 18 heavy (non-hydrogen) atoms. The van der Waals surface area contributed by atoms with E-state index >= 15 is 0 Å². The zero-order valence-corrected chi connectivity index (χ0v) is 11.6. The van der Waals surface area contributed by atoms with Gasteiger partial charge >= 0.3 is 0 Å². The van der Waals surface area contributed by atoms with Crippen LogP contribution in [0.5, 0.6) is 0 Å². The summed E-state index contributed by atoms with van der Waals surface area (Å²) in [5.41, 5.74) is 1.51. The molecule has 1 heterocycles. The highest BCUT2D eigenvalue weighted by Crippen LogP contribution is 2.31. The molecule has 0 aliphatic carbocycles. The number of hydrogen-bond donors (Lipinski definition) is 0. The van der Waals surface area contributed by atoms with Gasteiger partial charge in [-0.3, -0.25) is 4.79 Å². The van der Waals surface area contributed by atoms with E-state index in [4.69, 9.17) is 4.74 Å². The van der Waals surface area contributed by atoms with E-state index in [-0.39, 0.29) is 5.91 Å². The first-order valence-corrected chi connectivity index (χ1v) is 6.40. The summed E-state index contributed by atoms with van der Waals surface area (Å²) in [6, 6.07) is 8.13. The van der Waals surface area contributed by atoms with E-state index in [0.717, 1.165) is 18.7 Å². The highest BCUT2D eigenvalue weighted by Gasteiger charge is 2.35. The second-order valence-corrected chi connectivity index (χ2v) is 5.57. The molecule has 0 N–H and O–H groups in total. The van der Waals surface area contributed by atoms with Crippen molar-refractivity contribution in [2.24, 2.45) is 5.92 Å². The van der Waals surface area contributed by atoms with Crippen LogP contribution in [-0.4, -0.2) is 25.2 Å². The van der Waals surface area contributed by atoms with E-state index in [1.807, 2.05) is 36.9 Å². The number of ether oxygens (including phenoxy) is 1. The molecule has 1 atom stereocenters. The molecule has 1 amide bonds. The minimum Gasteiger partial charge on any atom is -0.369 e. The summed E-state index contributed by atoms with van der Waals surface area (Å²) in [6.45, 7) is 6.58. The number of hydrogen-bond acceptors (Lipinski definition) is 2. The summed E-state index contributed by atoms with van der Waals surface area (Å²) in [5, 5.41) is 0. The molecule has 0 aromatic heterocycles. The van der Waals surface area contributed by atoms with Crippen LogP contribution >= 0.6 is 0 Å². The van der Waals surface area contributed by atoms with Gasteiger partial charge in [0, 0.05) is 19.3 Å². The maximum absolute atomic E-state index is 12.6. The second kappa shape index (κ2) is 4.73. The van der Waals surface area contributed by atoms with Crippen molar-refractivity contribution in [2.75, 3.05) is 18.6 Å². The number of rotatable bonds is 2. The van der Waals surface area contributed by atoms with Crippen LogP contribution in [0.1, 0.15) is 26.3 Å². The number of nitrogens with zero attached hydrogens (tertiary/aromatic N) is 1. The Morgan fingerprint density at radius 2 is 2.06 bits per heavy atom. The number of amides is 1. The molecule has 3 heteroatoms. The molecular formula is C15H21NO2. The molecule has 0 saturated heterocycles. The number of carbonyl (C=O) groups excluding carboxylic acids is 1. The number of anilines is 1. The Bertz CT molecular complexity index is 454. The number of benzene rings is 1. The Morgan fingerprint density at radius 3 is 2.72 bits per heavy atom. The van der Waals surface area contributed by atoms with Crippen molar-refractivity contribution in [3.8, 4) is 0 Å². The molecule has 3 nitrogen and oxygen atoms in total. The summed E-state index contributed by atoms with van der Waals surface area (Å²) >= 11 is 0. The van der Waals surface area contributed by atoms with Crippen LogP contribution in [0.4, 0.5) is 5.69 Å². The third kappa shape index (κ3) is 2.27. The van der Waals surface area contributed by atoms with E-state index in [1.165, 1.54) is 5.56 Å². The monoisotopic (exact) mass is 247 g/mol. The smallest absolute Gasteiger partial charge is 0.258 e. The quantitative estimate of drug-likeness (QED) is 0.804. The lowest BCUT2D eigenvalue weighted by atomic mass is 9.92. The van der Waals surface area contributed by atoms with Crippen LogP contribution in [0.2, 0.25) is 0 Å². The van der Waals surface area contributed by atoms with Gasteiger partial charge in [-0.2, -0.15) is 0 Å². The number of methoxy groups -OCH3 is 1. The Morgan fingerprint density at radius 1 is 1.39 bits per heavy atom. The van der Waals surface area contributed by atoms with Crippen molar-refractivity contribution in [3.05, 3.63) is 29.8 Å². The lowest BCUT2D eigenvalue weighted by molar-refractivity contribution is -0.136. The van der Waals surface area contributed by atoms with Gasteiger partial charge < -0.3 is 9.64 Å². The topological polar surface area (TPSA) is 29.5 Å². The normalized spacial score (nSPS) is 19.6. The van der Waals surface area contributed by atoms with E-state index in [1.54, 1.807) is 7.11 Å². The lowest BCUT2D eigenvalue weighted by Gasteiger charge is -2.37. The lowest BCUT2D eigenvalue weighted by Crippen LogP contribution is -2.50. The first kappa shape index (κ1) is 13.1. The van der Waals surface area contributed by atoms with Gasteiger partial charge in [-0.05, 0) is 37.8 Å². The van der Waals surface area contributed by atoms with Crippen LogP contribution in [0, 0.1) is 5.92 Å². The zero-order chi connectivity index (χ0) is 13.3. The number of fused-ring (bicyclic) bond motifs is 1. The van der Waals surface area contributed by atoms with Crippen LogP contribution in [0.25, 0.3) is 0 Å². The Hall–Kier alpha value is -1.35. The summed E-state index contributed by atoms with van der Waals surface area (Å²) < 4.78 is 5.31. The molecule has 0 spiro atoms. The highest BCUT2D eigenvalue weighted by atomic mass is 16.5. The van der Waals surface area contributed by atoms with Gasteiger partial charge in [-0.1, -0.05) is 25.1 Å². The summed E-state index contributed by atoms with van der Waals surface area (Å²) in [6.07, 6.45) is 1.04. The van der Waals surface area contributed by atoms with Gasteiger partial charge in [0.25, 0.3) is 5.91 Å². The predicted molar refractivity (Wildman–Crippen MR) is 72.8 cm³/mol. The van der Waals surface area contributed by atoms with Crippen LogP contribution < -0.4 is 4.90 Å². The summed E-state index contributed by atoms with van der Waals surface area (Å²) in [4.78, 5) is 14.4. The molecule has 1 aromatic rings. The molecule has 0 bridgehead atoms. The standard InChI is InChI=1S/C15H21NO2/c1-11-9-12-7-5-6-8-13(12)16(10-11)14(17)15(2,3)18-4/h5-8,11H,9-10H2,1-4H3. The molecule has 0 radical (unpaired) electrons. The van der Waals surface area contributed by atoms with E-state index in [0.29, 0.717) is 5.92 Å². The molecule has 2 rings (SSSR count). The van der Waals surface area contributed by atoms with Gasteiger partial charge in [0.15, 0.2) is 0 Å². The van der Waals surface area contributed by atoms with Gasteiger partial charge in [0.2, 0.25) is 0 Å². The molecule has 0 fully saturated rings. The Balaban J connectivity index is 2.37. The van der Waals surface area contributed by atoms with E-state index in [2.05, 4.69) is 13.0 Å². The van der Waals surface area contributed by atoms with Gasteiger partial charge in [0.1, 0.15) is 5.60 Å².